The Morgan fingerprint density at radius 2 is 2.30 bits per heavy atom. The van der Waals surface area contributed by atoms with Gasteiger partial charge in [0, 0.05) is 26.0 Å². The summed E-state index contributed by atoms with van der Waals surface area (Å²) in [6, 6.07) is 0. The normalized spacial score (nSPS) is 22.6. The number of hydrogen-bond acceptors (Lipinski definition) is 4. The summed E-state index contributed by atoms with van der Waals surface area (Å²) in [6.07, 6.45) is 3.43. The topological polar surface area (TPSA) is 76.5 Å². The molecule has 0 aliphatic carbocycles. The lowest BCUT2D eigenvalue weighted by Crippen LogP contribution is -2.59. The van der Waals surface area contributed by atoms with Crippen LogP contribution in [0.2, 0.25) is 0 Å². The predicted molar refractivity (Wildman–Crippen MR) is 72.0 cm³/mol. The van der Waals surface area contributed by atoms with Crippen LogP contribution in [0.25, 0.3) is 0 Å². The number of morpholine rings is 1. The zero-order valence-corrected chi connectivity index (χ0v) is 12.0. The molecule has 0 unspecified atom stereocenters. The number of nitrogens with zero attached hydrogens (tertiary/aromatic N) is 3. The highest BCUT2D eigenvalue weighted by molar-refractivity contribution is 5.86. The average molecular weight is 280 g/mol. The molecule has 2 amide bonds. The largest absolute Gasteiger partial charge is 0.362 e. The van der Waals surface area contributed by atoms with Crippen molar-refractivity contribution in [2.75, 3.05) is 26.7 Å². The van der Waals surface area contributed by atoms with Gasteiger partial charge in [-0.1, -0.05) is 0 Å². The molecule has 1 aliphatic rings. The number of nitrogens with one attached hydrogen (secondary N) is 1. The molecule has 0 radical (unpaired) electrons. The van der Waals surface area contributed by atoms with Gasteiger partial charge in [0.25, 0.3) is 5.91 Å². The molecule has 2 rings (SSSR count). The number of carbonyl (C=O) groups is 2. The number of aromatic nitrogens is 2. The van der Waals surface area contributed by atoms with Gasteiger partial charge in [-0.05, 0) is 13.8 Å². The van der Waals surface area contributed by atoms with Crippen LogP contribution in [0.4, 0.5) is 0 Å². The average Bonchev–Trinajstić information content (AvgIpc) is 2.83. The van der Waals surface area contributed by atoms with E-state index in [9.17, 15) is 9.59 Å². The minimum Gasteiger partial charge on any atom is -0.362 e. The minimum absolute atomic E-state index is 0.0375. The van der Waals surface area contributed by atoms with E-state index in [1.165, 1.54) is 0 Å². The number of hydrogen-bond donors (Lipinski definition) is 1. The summed E-state index contributed by atoms with van der Waals surface area (Å²) in [7, 11) is 1.56. The van der Waals surface area contributed by atoms with E-state index < -0.39 is 5.60 Å². The SMILES string of the molecule is CNC(=O)[C@@]1(C)CN(C(=O)Cn2ccnc2C)CCO1. The molecule has 1 saturated heterocycles. The van der Waals surface area contributed by atoms with E-state index in [2.05, 4.69) is 10.3 Å². The first kappa shape index (κ1) is 14.5. The minimum atomic E-state index is -0.980. The quantitative estimate of drug-likeness (QED) is 0.814. The van der Waals surface area contributed by atoms with Crippen molar-refractivity contribution in [1.82, 2.24) is 19.8 Å². The van der Waals surface area contributed by atoms with Gasteiger partial charge in [0.2, 0.25) is 5.91 Å². The number of ether oxygens (including phenoxy) is 1. The Kier molecular flexibility index (Phi) is 4.08. The Bertz CT molecular complexity index is 513. The Hall–Kier alpha value is -1.89. The molecule has 0 bridgehead atoms. The molecule has 1 aliphatic heterocycles. The molecular formula is C13H20N4O3. The van der Waals surface area contributed by atoms with Crippen molar-refractivity contribution in [3.8, 4) is 0 Å². The summed E-state index contributed by atoms with van der Waals surface area (Å²) in [5, 5.41) is 2.57. The van der Waals surface area contributed by atoms with Crippen molar-refractivity contribution in [3.05, 3.63) is 18.2 Å². The fourth-order valence-corrected chi connectivity index (χ4v) is 2.30. The molecule has 7 heteroatoms. The summed E-state index contributed by atoms with van der Waals surface area (Å²) < 4.78 is 7.32. The second kappa shape index (κ2) is 5.62. The molecule has 2 heterocycles. The fraction of sp³-hybridized carbons (Fsp3) is 0.615. The number of aryl methyl sites for hydroxylation is 1. The van der Waals surface area contributed by atoms with Crippen LogP contribution in [0.3, 0.4) is 0 Å². The first-order valence-electron chi connectivity index (χ1n) is 6.58. The lowest BCUT2D eigenvalue weighted by Gasteiger charge is -2.39. The third kappa shape index (κ3) is 2.82. The first-order valence-corrected chi connectivity index (χ1v) is 6.58. The van der Waals surface area contributed by atoms with Crippen LogP contribution in [0, 0.1) is 6.92 Å². The maximum Gasteiger partial charge on any atom is 0.253 e. The van der Waals surface area contributed by atoms with Crippen molar-refractivity contribution in [2.45, 2.75) is 26.0 Å². The third-order valence-electron chi connectivity index (χ3n) is 3.56. The third-order valence-corrected chi connectivity index (χ3v) is 3.56. The molecule has 20 heavy (non-hydrogen) atoms. The molecule has 7 nitrogen and oxygen atoms in total. The molecule has 110 valence electrons. The predicted octanol–water partition coefficient (Wildman–Crippen LogP) is -0.445. The van der Waals surface area contributed by atoms with Gasteiger partial charge in [-0.25, -0.2) is 4.98 Å². The molecule has 1 fully saturated rings. The molecule has 0 spiro atoms. The van der Waals surface area contributed by atoms with E-state index >= 15 is 0 Å². The molecule has 1 aromatic heterocycles. The number of rotatable bonds is 3. The standard InChI is InChI=1S/C13H20N4O3/c1-10-15-4-5-16(10)8-11(18)17-6-7-20-13(2,9-17)12(19)14-3/h4-5H,6-9H2,1-3H3,(H,14,19)/t13-/m1/s1. The molecule has 0 aromatic carbocycles. The van der Waals surface area contributed by atoms with Crippen LogP contribution in [-0.2, 0) is 20.9 Å². The summed E-state index contributed by atoms with van der Waals surface area (Å²) >= 11 is 0. The van der Waals surface area contributed by atoms with Gasteiger partial charge >= 0.3 is 0 Å². The van der Waals surface area contributed by atoms with Crippen LogP contribution in [0.15, 0.2) is 12.4 Å². The molecule has 0 saturated carbocycles. The van der Waals surface area contributed by atoms with Crippen molar-refractivity contribution < 1.29 is 14.3 Å². The smallest absolute Gasteiger partial charge is 0.253 e. The number of carbonyl (C=O) groups excluding carboxylic acids is 2. The van der Waals surface area contributed by atoms with E-state index in [4.69, 9.17) is 4.74 Å². The van der Waals surface area contributed by atoms with Gasteiger partial charge in [-0.15, -0.1) is 0 Å². The maximum absolute atomic E-state index is 12.3. The lowest BCUT2D eigenvalue weighted by atomic mass is 10.0. The highest BCUT2D eigenvalue weighted by Gasteiger charge is 2.40. The summed E-state index contributed by atoms with van der Waals surface area (Å²) in [4.78, 5) is 29.9. The number of imidazole rings is 1. The van der Waals surface area contributed by atoms with E-state index in [-0.39, 0.29) is 24.9 Å². The van der Waals surface area contributed by atoms with Crippen LogP contribution < -0.4 is 5.32 Å². The molecule has 1 aromatic rings. The molecular weight excluding hydrogens is 260 g/mol. The van der Waals surface area contributed by atoms with Gasteiger partial charge < -0.3 is 19.5 Å². The van der Waals surface area contributed by atoms with Crippen LogP contribution >= 0.6 is 0 Å². The van der Waals surface area contributed by atoms with Crippen molar-refractivity contribution in [3.63, 3.8) is 0 Å². The van der Waals surface area contributed by atoms with Gasteiger partial charge in [0.05, 0.1) is 13.2 Å². The summed E-state index contributed by atoms with van der Waals surface area (Å²) in [5.74, 6) is 0.541. The zero-order chi connectivity index (χ0) is 14.8. The van der Waals surface area contributed by atoms with Crippen molar-refractivity contribution in [2.24, 2.45) is 0 Å². The van der Waals surface area contributed by atoms with Gasteiger partial charge in [-0.2, -0.15) is 0 Å². The fourth-order valence-electron chi connectivity index (χ4n) is 2.30. The number of amides is 2. The van der Waals surface area contributed by atoms with Crippen LogP contribution in [0.1, 0.15) is 12.7 Å². The van der Waals surface area contributed by atoms with E-state index in [0.717, 1.165) is 5.82 Å². The second-order valence-corrected chi connectivity index (χ2v) is 5.08. The maximum atomic E-state index is 12.3. The molecule has 1 N–H and O–H groups in total. The van der Waals surface area contributed by atoms with Gasteiger partial charge in [0.15, 0.2) is 5.60 Å². The van der Waals surface area contributed by atoms with Crippen LogP contribution in [0.5, 0.6) is 0 Å². The number of likely N-dealkylation sites (N-methyl/N-ethyl adjacent to an activating group) is 1. The first-order chi connectivity index (χ1) is 9.46. The Morgan fingerprint density at radius 1 is 1.55 bits per heavy atom. The van der Waals surface area contributed by atoms with Gasteiger partial charge in [0.1, 0.15) is 12.4 Å². The van der Waals surface area contributed by atoms with Crippen molar-refractivity contribution in [1.29, 1.82) is 0 Å². The lowest BCUT2D eigenvalue weighted by molar-refractivity contribution is -0.162. The van der Waals surface area contributed by atoms with Crippen molar-refractivity contribution >= 4 is 11.8 Å². The highest BCUT2D eigenvalue weighted by Crippen LogP contribution is 2.18. The van der Waals surface area contributed by atoms with E-state index in [0.29, 0.717) is 13.2 Å². The summed E-state index contributed by atoms with van der Waals surface area (Å²) in [6.45, 7) is 4.90. The van der Waals surface area contributed by atoms with E-state index in [1.54, 1.807) is 35.8 Å². The Morgan fingerprint density at radius 3 is 2.90 bits per heavy atom. The van der Waals surface area contributed by atoms with Gasteiger partial charge in [-0.3, -0.25) is 9.59 Å². The second-order valence-electron chi connectivity index (χ2n) is 5.08. The van der Waals surface area contributed by atoms with E-state index in [1.807, 2.05) is 6.92 Å². The monoisotopic (exact) mass is 280 g/mol. The Labute approximate surface area is 117 Å². The Balaban J connectivity index is 2.04. The molecule has 1 atom stereocenters. The zero-order valence-electron chi connectivity index (χ0n) is 12.0. The summed E-state index contributed by atoms with van der Waals surface area (Å²) in [5.41, 5.74) is -0.980. The highest BCUT2D eigenvalue weighted by atomic mass is 16.5. The van der Waals surface area contributed by atoms with Crippen LogP contribution in [-0.4, -0.2) is 58.6 Å².